The first-order valence-electron chi connectivity index (χ1n) is 10.4. The van der Waals surface area contributed by atoms with Crippen LogP contribution in [0.3, 0.4) is 0 Å². The second-order valence-electron chi connectivity index (χ2n) is 7.63. The first kappa shape index (κ1) is 20.3. The van der Waals surface area contributed by atoms with E-state index in [0.29, 0.717) is 40.3 Å². The molecule has 1 saturated heterocycles. The highest BCUT2D eigenvalue weighted by atomic mass is 32.1. The average Bonchev–Trinajstić information content (AvgIpc) is 3.46. The van der Waals surface area contributed by atoms with Crippen LogP contribution < -0.4 is 15.4 Å². The van der Waals surface area contributed by atoms with Crippen molar-refractivity contribution < 1.29 is 4.74 Å². The molecule has 0 unspecified atom stereocenters. The molecule has 2 N–H and O–H groups in total. The van der Waals surface area contributed by atoms with E-state index in [2.05, 4.69) is 36.6 Å². The summed E-state index contributed by atoms with van der Waals surface area (Å²) >= 11 is 1.63. The Balaban J connectivity index is 1.48. The third kappa shape index (κ3) is 4.37. The van der Waals surface area contributed by atoms with Gasteiger partial charge in [-0.3, -0.25) is 4.98 Å². The van der Waals surface area contributed by atoms with Crippen LogP contribution in [0.1, 0.15) is 23.4 Å². The van der Waals surface area contributed by atoms with E-state index in [4.69, 9.17) is 4.74 Å². The lowest BCUT2D eigenvalue weighted by Gasteiger charge is -2.16. The number of benzene rings is 1. The quantitative estimate of drug-likeness (QED) is 0.454. The summed E-state index contributed by atoms with van der Waals surface area (Å²) in [5, 5.41) is 17.1. The summed E-state index contributed by atoms with van der Waals surface area (Å²) in [5.74, 6) is 1.55. The van der Waals surface area contributed by atoms with E-state index in [1.54, 1.807) is 29.8 Å². The lowest BCUT2D eigenvalue weighted by Crippen LogP contribution is -2.29. The Hall–Kier alpha value is -3.61. The second kappa shape index (κ2) is 8.86. The number of aryl methyl sites for hydroxylation is 1. The van der Waals surface area contributed by atoms with Gasteiger partial charge in [-0.05, 0) is 44.5 Å². The van der Waals surface area contributed by atoms with Gasteiger partial charge in [-0.2, -0.15) is 10.2 Å². The molecule has 1 fully saturated rings. The van der Waals surface area contributed by atoms with Gasteiger partial charge in [-0.15, -0.1) is 11.3 Å². The number of rotatable bonds is 6. The third-order valence-electron chi connectivity index (χ3n) is 5.26. The first-order valence-corrected chi connectivity index (χ1v) is 11.2. The zero-order valence-electron chi connectivity index (χ0n) is 17.5. The molecule has 8 nitrogen and oxygen atoms in total. The van der Waals surface area contributed by atoms with Crippen LogP contribution in [0.4, 0.5) is 5.69 Å². The number of ether oxygens (including phenoxy) is 1. The van der Waals surface area contributed by atoms with Crippen LogP contribution in [0.2, 0.25) is 0 Å². The number of fused-ring (bicyclic) bond motifs is 1. The maximum Gasteiger partial charge on any atom is 0.246 e. The van der Waals surface area contributed by atoms with E-state index in [9.17, 15) is 5.26 Å². The monoisotopic (exact) mass is 443 g/mol. The number of pyridine rings is 1. The molecule has 1 aliphatic heterocycles. The van der Waals surface area contributed by atoms with Crippen molar-refractivity contribution in [3.63, 3.8) is 0 Å². The zero-order valence-corrected chi connectivity index (χ0v) is 18.3. The van der Waals surface area contributed by atoms with E-state index < -0.39 is 0 Å². The van der Waals surface area contributed by atoms with Crippen LogP contribution in [0.5, 0.6) is 11.6 Å². The summed E-state index contributed by atoms with van der Waals surface area (Å²) in [6, 6.07) is 10.0. The molecule has 1 atom stereocenters. The van der Waals surface area contributed by atoms with Crippen LogP contribution in [-0.4, -0.2) is 39.1 Å². The maximum atomic E-state index is 9.19. The Morgan fingerprint density at radius 1 is 1.25 bits per heavy atom. The molecule has 0 bridgehead atoms. The molecule has 32 heavy (non-hydrogen) atoms. The van der Waals surface area contributed by atoms with Crippen LogP contribution in [-0.2, 0) is 0 Å². The Bertz CT molecular complexity index is 1310. The smallest absolute Gasteiger partial charge is 0.246 e. The van der Waals surface area contributed by atoms with Crippen LogP contribution in [0, 0.1) is 18.3 Å². The van der Waals surface area contributed by atoms with Gasteiger partial charge in [-0.25, -0.2) is 9.97 Å². The van der Waals surface area contributed by atoms with Gasteiger partial charge in [0.1, 0.15) is 17.5 Å². The fourth-order valence-electron chi connectivity index (χ4n) is 3.69. The molecule has 4 heterocycles. The minimum absolute atomic E-state index is 0.413. The molecular formula is C23H21N7OS. The number of hydrogen-bond acceptors (Lipinski definition) is 9. The van der Waals surface area contributed by atoms with Gasteiger partial charge in [0.15, 0.2) is 5.82 Å². The van der Waals surface area contributed by atoms with Crippen molar-refractivity contribution in [2.75, 3.05) is 18.4 Å². The molecule has 4 aromatic rings. The van der Waals surface area contributed by atoms with Crippen molar-refractivity contribution in [2.45, 2.75) is 25.8 Å². The molecule has 160 valence electrons. The van der Waals surface area contributed by atoms with Crippen molar-refractivity contribution in [3.8, 4) is 29.1 Å². The van der Waals surface area contributed by atoms with E-state index in [1.165, 1.54) is 12.6 Å². The third-order valence-corrected chi connectivity index (χ3v) is 6.20. The van der Waals surface area contributed by atoms with Gasteiger partial charge >= 0.3 is 0 Å². The highest BCUT2D eigenvalue weighted by Gasteiger charge is 2.17. The largest absolute Gasteiger partial charge is 0.437 e. The Morgan fingerprint density at radius 3 is 3.03 bits per heavy atom. The molecule has 9 heteroatoms. The predicted molar refractivity (Wildman–Crippen MR) is 124 cm³/mol. The summed E-state index contributed by atoms with van der Waals surface area (Å²) in [6.45, 7) is 3.80. The van der Waals surface area contributed by atoms with Crippen molar-refractivity contribution in [2.24, 2.45) is 0 Å². The van der Waals surface area contributed by atoms with Gasteiger partial charge in [-0.1, -0.05) is 0 Å². The Labute approximate surface area is 189 Å². The molecule has 3 aromatic heterocycles. The molecular weight excluding hydrogens is 422 g/mol. The predicted octanol–water partition coefficient (Wildman–Crippen LogP) is 4.28. The standard InChI is InChI=1S/C23H21N7OS/c1-14-29-19-5-4-18(8-21(19)32-14)31-23-20(27-12-17-3-2-6-26-17)13-28-22(30-23)16-7-15(9-24)10-25-11-16/h4-5,7-8,10-11,13,17,26-27H,2-3,6,12H2,1H3/t17-/m0/s1. The van der Waals surface area contributed by atoms with Gasteiger partial charge in [0, 0.05) is 36.6 Å². The van der Waals surface area contributed by atoms with Crippen LogP contribution >= 0.6 is 11.3 Å². The molecule has 0 aliphatic carbocycles. The molecule has 0 saturated carbocycles. The SMILES string of the molecule is Cc1nc2ccc(Oc3nc(-c4cncc(C#N)c4)ncc3NC[C@@H]3CCCN3)cc2s1. The highest BCUT2D eigenvalue weighted by molar-refractivity contribution is 7.18. The normalized spacial score (nSPS) is 15.6. The Morgan fingerprint density at radius 2 is 2.19 bits per heavy atom. The summed E-state index contributed by atoms with van der Waals surface area (Å²) in [4.78, 5) is 17.8. The summed E-state index contributed by atoms with van der Waals surface area (Å²) in [6.07, 6.45) is 7.19. The van der Waals surface area contributed by atoms with E-state index in [-0.39, 0.29) is 0 Å². The molecule has 1 aliphatic rings. The fraction of sp³-hybridized carbons (Fsp3) is 0.261. The lowest BCUT2D eigenvalue weighted by atomic mass is 10.2. The maximum absolute atomic E-state index is 9.19. The van der Waals surface area contributed by atoms with Crippen LogP contribution in [0.15, 0.2) is 42.9 Å². The van der Waals surface area contributed by atoms with Crippen molar-refractivity contribution in [3.05, 3.63) is 53.4 Å². The first-order chi connectivity index (χ1) is 15.7. The van der Waals surface area contributed by atoms with Gasteiger partial charge in [0.25, 0.3) is 0 Å². The lowest BCUT2D eigenvalue weighted by molar-refractivity contribution is 0.464. The number of nitriles is 1. The number of aromatic nitrogens is 4. The van der Waals surface area contributed by atoms with Gasteiger partial charge in [0.2, 0.25) is 5.88 Å². The van der Waals surface area contributed by atoms with E-state index in [0.717, 1.165) is 34.7 Å². The summed E-state index contributed by atoms with van der Waals surface area (Å²) < 4.78 is 7.28. The number of nitrogens with zero attached hydrogens (tertiary/aromatic N) is 5. The molecule has 5 rings (SSSR count). The molecule has 0 spiro atoms. The summed E-state index contributed by atoms with van der Waals surface area (Å²) in [5.41, 5.74) is 2.78. The fourth-order valence-corrected chi connectivity index (χ4v) is 4.54. The van der Waals surface area contributed by atoms with Crippen molar-refractivity contribution >= 4 is 27.2 Å². The minimum atomic E-state index is 0.413. The minimum Gasteiger partial charge on any atom is -0.437 e. The topological polar surface area (TPSA) is 109 Å². The van der Waals surface area contributed by atoms with Crippen LogP contribution in [0.25, 0.3) is 21.6 Å². The number of hydrogen-bond donors (Lipinski definition) is 2. The zero-order chi connectivity index (χ0) is 21.9. The molecule has 1 aromatic carbocycles. The second-order valence-corrected chi connectivity index (χ2v) is 8.86. The van der Waals surface area contributed by atoms with Crippen molar-refractivity contribution in [1.82, 2.24) is 25.3 Å². The number of nitrogens with one attached hydrogen (secondary N) is 2. The molecule has 0 radical (unpaired) electrons. The van der Waals surface area contributed by atoms with Gasteiger partial charge in [0.05, 0.1) is 27.0 Å². The van der Waals surface area contributed by atoms with E-state index in [1.807, 2.05) is 25.1 Å². The highest BCUT2D eigenvalue weighted by Crippen LogP contribution is 2.32. The summed E-state index contributed by atoms with van der Waals surface area (Å²) in [7, 11) is 0. The van der Waals surface area contributed by atoms with Gasteiger partial charge < -0.3 is 15.4 Å². The number of thiazole rings is 1. The van der Waals surface area contributed by atoms with E-state index >= 15 is 0 Å². The van der Waals surface area contributed by atoms with Crippen molar-refractivity contribution in [1.29, 1.82) is 5.26 Å². The molecule has 0 amide bonds. The Kier molecular flexibility index (Phi) is 5.62. The average molecular weight is 444 g/mol. The number of anilines is 1.